The van der Waals surface area contributed by atoms with Crippen LogP contribution < -0.4 is 4.74 Å². The van der Waals surface area contributed by atoms with E-state index in [0.29, 0.717) is 18.8 Å². The molecule has 38 heavy (non-hydrogen) atoms. The summed E-state index contributed by atoms with van der Waals surface area (Å²) in [6, 6.07) is 19.9. The minimum absolute atomic E-state index is 0.153. The smallest absolute Gasteiger partial charge is 0.309 e. The second-order valence-corrected chi connectivity index (χ2v) is 10.8. The number of likely N-dealkylation sites (N-methyl/N-ethyl adjacent to an activating group) is 1. The van der Waals surface area contributed by atoms with Gasteiger partial charge in [-0.3, -0.25) is 9.69 Å². The first-order chi connectivity index (χ1) is 18.1. The van der Waals surface area contributed by atoms with Crippen molar-refractivity contribution < 1.29 is 23.7 Å². The monoisotopic (exact) mass is 518 g/mol. The highest BCUT2D eigenvalue weighted by atomic mass is 16.7. The topological polar surface area (TPSA) is 81.0 Å². The fourth-order valence-corrected chi connectivity index (χ4v) is 5.65. The van der Waals surface area contributed by atoms with Crippen molar-refractivity contribution in [1.82, 2.24) is 4.90 Å². The Kier molecular flexibility index (Phi) is 8.27. The van der Waals surface area contributed by atoms with Gasteiger partial charge in [-0.25, -0.2) is 0 Å². The predicted molar refractivity (Wildman–Crippen MR) is 144 cm³/mol. The average molecular weight is 519 g/mol. The maximum atomic E-state index is 13.0. The Labute approximate surface area is 225 Å². The van der Waals surface area contributed by atoms with Crippen LogP contribution in [0.3, 0.4) is 0 Å². The molecule has 0 aliphatic carbocycles. The zero-order chi connectivity index (χ0) is 27.5. The summed E-state index contributed by atoms with van der Waals surface area (Å²) < 4.78 is 23.7. The van der Waals surface area contributed by atoms with Crippen molar-refractivity contribution in [3.05, 3.63) is 77.4 Å². The molecule has 2 heterocycles. The van der Waals surface area contributed by atoms with E-state index >= 15 is 0 Å². The number of carbonyl (C=O) groups is 1. The van der Waals surface area contributed by atoms with E-state index in [1.54, 1.807) is 7.11 Å². The zero-order valence-electron chi connectivity index (χ0n) is 23.1. The lowest BCUT2D eigenvalue weighted by Gasteiger charge is -2.51. The normalized spacial score (nSPS) is 26.2. The summed E-state index contributed by atoms with van der Waals surface area (Å²) in [5.74, 6) is -1.25. The Balaban J connectivity index is 1.85. The molecule has 2 aromatic carbocycles. The molecular weight excluding hydrogens is 480 g/mol. The number of cyclic esters (lactones) is 1. The summed E-state index contributed by atoms with van der Waals surface area (Å²) in [7, 11) is 3.54. The van der Waals surface area contributed by atoms with Gasteiger partial charge >= 0.3 is 5.97 Å². The summed E-state index contributed by atoms with van der Waals surface area (Å²) >= 11 is 0. The first-order valence-corrected chi connectivity index (χ1v) is 13.1. The van der Waals surface area contributed by atoms with Crippen molar-refractivity contribution in [3.8, 4) is 11.8 Å². The molecule has 2 aliphatic rings. The van der Waals surface area contributed by atoms with E-state index in [9.17, 15) is 10.1 Å². The van der Waals surface area contributed by atoms with Crippen LogP contribution in [0.5, 0.6) is 5.75 Å². The van der Waals surface area contributed by atoms with Gasteiger partial charge in [0, 0.05) is 5.92 Å². The molecule has 2 fully saturated rings. The van der Waals surface area contributed by atoms with Crippen LogP contribution in [0.4, 0.5) is 0 Å². The lowest BCUT2D eigenvalue weighted by Crippen LogP contribution is -2.60. The van der Waals surface area contributed by atoms with Crippen LogP contribution >= 0.6 is 0 Å². The van der Waals surface area contributed by atoms with Crippen molar-refractivity contribution in [2.75, 3.05) is 27.4 Å². The minimum Gasteiger partial charge on any atom is -0.497 e. The molecule has 0 N–H and O–H groups in total. The summed E-state index contributed by atoms with van der Waals surface area (Å²) in [6.45, 7) is 8.32. The Morgan fingerprint density at radius 1 is 1.16 bits per heavy atom. The number of esters is 1. The molecule has 2 aliphatic heterocycles. The van der Waals surface area contributed by atoms with Gasteiger partial charge in [-0.1, -0.05) is 54.1 Å². The number of hydrogen-bond donors (Lipinski definition) is 0. The summed E-state index contributed by atoms with van der Waals surface area (Å²) in [5.41, 5.74) is 1.68. The van der Waals surface area contributed by atoms with Crippen LogP contribution in [-0.4, -0.2) is 50.1 Å². The molecule has 0 bridgehead atoms. The molecule has 0 spiro atoms. The Morgan fingerprint density at radius 3 is 2.45 bits per heavy atom. The molecule has 0 amide bonds. The molecule has 2 saturated heterocycles. The van der Waals surface area contributed by atoms with Crippen LogP contribution in [0.2, 0.25) is 0 Å². The van der Waals surface area contributed by atoms with E-state index < -0.39 is 23.2 Å². The lowest BCUT2D eigenvalue weighted by atomic mass is 9.70. The van der Waals surface area contributed by atoms with Crippen LogP contribution in [-0.2, 0) is 24.5 Å². The van der Waals surface area contributed by atoms with Crippen LogP contribution in [0, 0.1) is 23.2 Å². The summed E-state index contributed by atoms with van der Waals surface area (Å²) in [4.78, 5) is 15.1. The number of carbonyl (C=O) groups excluding carboxylic acids is 1. The first-order valence-electron chi connectivity index (χ1n) is 13.1. The average Bonchev–Trinajstić information content (AvgIpc) is 3.28. The van der Waals surface area contributed by atoms with Crippen molar-refractivity contribution in [3.63, 3.8) is 0 Å². The van der Waals surface area contributed by atoms with Gasteiger partial charge in [0.05, 0.1) is 38.4 Å². The summed E-state index contributed by atoms with van der Waals surface area (Å²) in [6.07, 6.45) is 2.19. The van der Waals surface area contributed by atoms with Gasteiger partial charge in [-0.15, -0.1) is 0 Å². The van der Waals surface area contributed by atoms with E-state index in [1.807, 2.05) is 100 Å². The van der Waals surface area contributed by atoms with Crippen molar-refractivity contribution in [2.24, 2.45) is 11.8 Å². The number of methoxy groups -OCH3 is 1. The third kappa shape index (κ3) is 5.35. The van der Waals surface area contributed by atoms with Gasteiger partial charge in [-0.2, -0.15) is 5.26 Å². The molecule has 0 saturated carbocycles. The molecule has 0 radical (unpaired) electrons. The molecule has 7 nitrogen and oxygen atoms in total. The maximum absolute atomic E-state index is 13.0. The van der Waals surface area contributed by atoms with Gasteiger partial charge in [0.25, 0.3) is 0 Å². The highest BCUT2D eigenvalue weighted by Gasteiger charge is 2.57. The Hall–Kier alpha value is -3.18. The second kappa shape index (κ2) is 11.3. The minimum atomic E-state index is -1.20. The van der Waals surface area contributed by atoms with Crippen molar-refractivity contribution >= 4 is 5.97 Å². The van der Waals surface area contributed by atoms with E-state index in [4.69, 9.17) is 18.9 Å². The molecule has 7 heteroatoms. The van der Waals surface area contributed by atoms with Gasteiger partial charge < -0.3 is 18.9 Å². The van der Waals surface area contributed by atoms with Crippen molar-refractivity contribution in [2.45, 2.75) is 57.6 Å². The molecule has 2 aromatic rings. The fourth-order valence-electron chi connectivity index (χ4n) is 5.65. The van der Waals surface area contributed by atoms with Gasteiger partial charge in [0.1, 0.15) is 17.4 Å². The molecule has 4 rings (SSSR count). The highest BCUT2D eigenvalue weighted by molar-refractivity contribution is 5.75. The number of nitrogens with zero attached hydrogens (tertiary/aromatic N) is 2. The van der Waals surface area contributed by atoms with Crippen molar-refractivity contribution in [1.29, 1.82) is 5.26 Å². The third-order valence-corrected chi connectivity index (χ3v) is 7.75. The van der Waals surface area contributed by atoms with E-state index in [-0.39, 0.29) is 24.7 Å². The Morgan fingerprint density at radius 2 is 1.84 bits per heavy atom. The predicted octanol–water partition coefficient (Wildman–Crippen LogP) is 5.38. The van der Waals surface area contributed by atoms with Crippen LogP contribution in [0.1, 0.15) is 51.3 Å². The summed E-state index contributed by atoms with van der Waals surface area (Å²) in [5, 5.41) is 11.1. The maximum Gasteiger partial charge on any atom is 0.309 e. The SMILES string of the molecule is COc1ccc([C@](C#N)([C@@H]2COC(=O)[C@H]2CC=C(C)C)N(C)[C@H]2COC(C)(C)O[C@H]2c2ccccc2)cc1. The zero-order valence-corrected chi connectivity index (χ0v) is 23.1. The van der Waals surface area contributed by atoms with Gasteiger partial charge in [0.15, 0.2) is 5.79 Å². The lowest BCUT2D eigenvalue weighted by molar-refractivity contribution is -0.301. The number of rotatable bonds is 8. The van der Waals surface area contributed by atoms with Gasteiger partial charge in [-0.05, 0) is 64.4 Å². The van der Waals surface area contributed by atoms with Gasteiger partial charge in [0.2, 0.25) is 0 Å². The largest absolute Gasteiger partial charge is 0.497 e. The second-order valence-electron chi connectivity index (χ2n) is 10.8. The molecule has 5 atom stereocenters. The standard InChI is InChI=1S/C31H38N2O5/c1-21(2)12-17-25-26(18-36-29(25)34)31(20-32,23-13-15-24(35-6)16-14-23)33(5)27-19-37-30(3,4)38-28(27)22-10-8-7-9-11-22/h7-16,25-28H,17-19H2,1-6H3/t25-,26+,27-,28-,31+/m0/s1. The molecule has 0 aromatic heterocycles. The van der Waals surface area contributed by atoms with Crippen LogP contribution in [0.25, 0.3) is 0 Å². The first kappa shape index (κ1) is 27.8. The number of benzene rings is 2. The van der Waals surface area contributed by atoms with E-state index in [1.165, 1.54) is 0 Å². The van der Waals surface area contributed by atoms with E-state index in [0.717, 1.165) is 16.7 Å². The number of nitriles is 1. The van der Waals surface area contributed by atoms with Crippen LogP contribution in [0.15, 0.2) is 66.2 Å². The molecular formula is C31H38N2O5. The molecule has 202 valence electrons. The molecule has 0 unspecified atom stereocenters. The number of allylic oxidation sites excluding steroid dienone is 2. The third-order valence-electron chi connectivity index (χ3n) is 7.75. The fraction of sp³-hybridized carbons (Fsp3) is 0.484. The number of ether oxygens (including phenoxy) is 4. The highest BCUT2D eigenvalue weighted by Crippen LogP contribution is 2.48. The van der Waals surface area contributed by atoms with E-state index in [2.05, 4.69) is 6.07 Å². The quantitative estimate of drug-likeness (QED) is 0.343. The Bertz CT molecular complexity index is 1180. The number of hydrogen-bond acceptors (Lipinski definition) is 7.